The number of hydrogen-bond donors (Lipinski definition) is 1. The predicted molar refractivity (Wildman–Crippen MR) is 88.7 cm³/mol. The van der Waals surface area contributed by atoms with E-state index in [1.54, 1.807) is 0 Å². The summed E-state index contributed by atoms with van der Waals surface area (Å²) in [5, 5.41) is 0.688. The van der Waals surface area contributed by atoms with Crippen molar-refractivity contribution in [2.24, 2.45) is 5.73 Å². The molecule has 2 aromatic rings. The smallest absolute Gasteiger partial charge is 0.255 e. The zero-order chi connectivity index (χ0) is 15.4. The summed E-state index contributed by atoms with van der Waals surface area (Å²) in [6.45, 7) is 4.65. The lowest BCUT2D eigenvalue weighted by atomic mass is 10.1. The molecule has 0 aliphatic carbocycles. The monoisotopic (exact) mass is 304 g/mol. The third-order valence-electron chi connectivity index (χ3n) is 3.57. The number of rotatable bonds is 5. The zero-order valence-electron chi connectivity index (χ0n) is 12.5. The second-order valence-corrected chi connectivity index (χ2v) is 5.72. The second kappa shape index (κ2) is 6.92. The first-order valence-electron chi connectivity index (χ1n) is 7.30. The van der Waals surface area contributed by atoms with Crippen molar-refractivity contribution in [3.63, 3.8) is 0 Å². The summed E-state index contributed by atoms with van der Waals surface area (Å²) in [5.41, 5.74) is 8.45. The highest BCUT2D eigenvalue weighted by atomic mass is 35.5. The van der Waals surface area contributed by atoms with Crippen molar-refractivity contribution >= 4 is 11.6 Å². The topological polar surface area (TPSA) is 48.0 Å². The standard InChI is InChI=1S/C17H21ClN2O/c1-3-4-11-20-16(13-5-7-14(18)8-6-13)10-9-15(12(2)19)17(20)21/h5-10,12H,3-4,11,19H2,1-2H3. The van der Waals surface area contributed by atoms with Gasteiger partial charge in [0.2, 0.25) is 0 Å². The van der Waals surface area contributed by atoms with Gasteiger partial charge < -0.3 is 10.3 Å². The summed E-state index contributed by atoms with van der Waals surface area (Å²) in [5.74, 6) is 0. The van der Waals surface area contributed by atoms with E-state index in [4.69, 9.17) is 17.3 Å². The Balaban J connectivity index is 2.56. The van der Waals surface area contributed by atoms with Gasteiger partial charge >= 0.3 is 0 Å². The predicted octanol–water partition coefficient (Wildman–Crippen LogP) is 3.99. The van der Waals surface area contributed by atoms with Crippen molar-refractivity contribution in [1.82, 2.24) is 4.57 Å². The summed E-state index contributed by atoms with van der Waals surface area (Å²) in [7, 11) is 0. The maximum atomic E-state index is 12.6. The summed E-state index contributed by atoms with van der Waals surface area (Å²) < 4.78 is 1.82. The van der Waals surface area contributed by atoms with Crippen LogP contribution in [0.25, 0.3) is 11.3 Å². The molecule has 0 spiro atoms. The lowest BCUT2D eigenvalue weighted by Crippen LogP contribution is -2.28. The van der Waals surface area contributed by atoms with Crippen molar-refractivity contribution in [2.75, 3.05) is 0 Å². The molecule has 0 saturated heterocycles. The lowest BCUT2D eigenvalue weighted by molar-refractivity contribution is 0.608. The molecule has 2 rings (SSSR count). The van der Waals surface area contributed by atoms with E-state index >= 15 is 0 Å². The number of aromatic nitrogens is 1. The van der Waals surface area contributed by atoms with Gasteiger partial charge in [-0.25, -0.2) is 0 Å². The molecular weight excluding hydrogens is 284 g/mol. The molecule has 0 aliphatic rings. The van der Waals surface area contributed by atoms with Gasteiger partial charge in [0.1, 0.15) is 0 Å². The van der Waals surface area contributed by atoms with Gasteiger partial charge in [-0.3, -0.25) is 4.79 Å². The van der Waals surface area contributed by atoms with Crippen molar-refractivity contribution in [3.8, 4) is 11.3 Å². The molecular formula is C17H21ClN2O. The van der Waals surface area contributed by atoms with Crippen molar-refractivity contribution in [2.45, 2.75) is 39.3 Å². The van der Waals surface area contributed by atoms with Crippen LogP contribution in [0, 0.1) is 0 Å². The van der Waals surface area contributed by atoms with Crippen molar-refractivity contribution in [3.05, 3.63) is 57.3 Å². The van der Waals surface area contributed by atoms with Gasteiger partial charge in [0.25, 0.3) is 5.56 Å². The summed E-state index contributed by atoms with van der Waals surface area (Å²) in [4.78, 5) is 12.6. The van der Waals surface area contributed by atoms with Gasteiger partial charge in [-0.15, -0.1) is 0 Å². The molecule has 112 valence electrons. The highest BCUT2D eigenvalue weighted by Gasteiger charge is 2.12. The maximum absolute atomic E-state index is 12.6. The molecule has 1 unspecified atom stereocenters. The van der Waals surface area contributed by atoms with E-state index in [2.05, 4.69) is 6.92 Å². The fourth-order valence-electron chi connectivity index (χ4n) is 2.35. The molecule has 3 nitrogen and oxygen atoms in total. The minimum Gasteiger partial charge on any atom is -0.324 e. The summed E-state index contributed by atoms with van der Waals surface area (Å²) in [6, 6.07) is 11.1. The van der Waals surface area contributed by atoms with Gasteiger partial charge in [0.05, 0.1) is 5.69 Å². The molecule has 0 aliphatic heterocycles. The van der Waals surface area contributed by atoms with Gasteiger partial charge in [0.15, 0.2) is 0 Å². The van der Waals surface area contributed by atoms with Crippen LogP contribution in [0.5, 0.6) is 0 Å². The van der Waals surface area contributed by atoms with Gasteiger partial charge in [-0.2, -0.15) is 0 Å². The quantitative estimate of drug-likeness (QED) is 0.908. The zero-order valence-corrected chi connectivity index (χ0v) is 13.2. The van der Waals surface area contributed by atoms with Gasteiger partial charge in [-0.1, -0.05) is 37.1 Å². The molecule has 21 heavy (non-hydrogen) atoms. The van der Waals surface area contributed by atoms with Crippen LogP contribution in [0.1, 0.15) is 38.3 Å². The van der Waals surface area contributed by atoms with Gasteiger partial charge in [-0.05, 0) is 43.2 Å². The van der Waals surface area contributed by atoms with E-state index in [0.717, 1.165) is 24.1 Å². The van der Waals surface area contributed by atoms with E-state index in [1.807, 2.05) is 47.9 Å². The minimum absolute atomic E-state index is 0.00546. The first-order valence-corrected chi connectivity index (χ1v) is 7.67. The number of hydrogen-bond acceptors (Lipinski definition) is 2. The Morgan fingerprint density at radius 2 is 1.86 bits per heavy atom. The third-order valence-corrected chi connectivity index (χ3v) is 3.82. The van der Waals surface area contributed by atoms with Gasteiger partial charge in [0, 0.05) is 23.2 Å². The summed E-state index contributed by atoms with van der Waals surface area (Å²) in [6.07, 6.45) is 2.00. The normalized spacial score (nSPS) is 12.4. The van der Waals surface area contributed by atoms with E-state index in [0.29, 0.717) is 17.1 Å². The molecule has 0 fully saturated rings. The van der Waals surface area contributed by atoms with Crippen LogP contribution in [-0.2, 0) is 6.54 Å². The number of benzene rings is 1. The first kappa shape index (κ1) is 15.8. The van der Waals surface area contributed by atoms with Crippen LogP contribution in [0.2, 0.25) is 5.02 Å². The van der Waals surface area contributed by atoms with Crippen LogP contribution in [0.15, 0.2) is 41.2 Å². The Labute approximate surface area is 130 Å². The average Bonchev–Trinajstić information content (AvgIpc) is 2.46. The number of pyridine rings is 1. The van der Waals surface area contributed by atoms with Crippen LogP contribution in [0.3, 0.4) is 0 Å². The van der Waals surface area contributed by atoms with Crippen LogP contribution in [-0.4, -0.2) is 4.57 Å². The fourth-order valence-corrected chi connectivity index (χ4v) is 2.48. The van der Waals surface area contributed by atoms with Crippen LogP contribution >= 0.6 is 11.6 Å². The molecule has 1 aromatic carbocycles. The Morgan fingerprint density at radius 3 is 2.43 bits per heavy atom. The molecule has 1 atom stereocenters. The molecule has 0 radical (unpaired) electrons. The highest BCUT2D eigenvalue weighted by molar-refractivity contribution is 6.30. The average molecular weight is 305 g/mol. The fraction of sp³-hybridized carbons (Fsp3) is 0.353. The molecule has 1 aromatic heterocycles. The number of nitrogens with zero attached hydrogens (tertiary/aromatic N) is 1. The Morgan fingerprint density at radius 1 is 1.19 bits per heavy atom. The van der Waals surface area contributed by atoms with Crippen molar-refractivity contribution < 1.29 is 0 Å². The molecule has 4 heteroatoms. The molecule has 0 bridgehead atoms. The molecule has 2 N–H and O–H groups in total. The van der Waals surface area contributed by atoms with Crippen LogP contribution < -0.4 is 11.3 Å². The largest absolute Gasteiger partial charge is 0.324 e. The Bertz CT molecular complexity index is 659. The van der Waals surface area contributed by atoms with E-state index in [9.17, 15) is 4.79 Å². The van der Waals surface area contributed by atoms with E-state index in [1.165, 1.54) is 0 Å². The number of unbranched alkanes of at least 4 members (excludes halogenated alkanes) is 1. The lowest BCUT2D eigenvalue weighted by Gasteiger charge is -2.16. The molecule has 1 heterocycles. The molecule has 0 saturated carbocycles. The Kier molecular flexibility index (Phi) is 5.21. The van der Waals surface area contributed by atoms with E-state index < -0.39 is 0 Å². The summed E-state index contributed by atoms with van der Waals surface area (Å²) >= 11 is 5.94. The third kappa shape index (κ3) is 3.55. The number of halogens is 1. The number of nitrogens with two attached hydrogens (primary N) is 1. The second-order valence-electron chi connectivity index (χ2n) is 5.28. The molecule has 0 amide bonds. The SMILES string of the molecule is CCCCn1c(-c2ccc(Cl)cc2)ccc(C(C)N)c1=O. The maximum Gasteiger partial charge on any atom is 0.255 e. The van der Waals surface area contributed by atoms with Crippen molar-refractivity contribution in [1.29, 1.82) is 0 Å². The first-order chi connectivity index (χ1) is 10.0. The minimum atomic E-state index is -0.260. The van der Waals surface area contributed by atoms with E-state index in [-0.39, 0.29) is 11.6 Å². The Hall–Kier alpha value is -1.58. The highest BCUT2D eigenvalue weighted by Crippen LogP contribution is 2.22. The van der Waals surface area contributed by atoms with Crippen LogP contribution in [0.4, 0.5) is 0 Å².